The van der Waals surface area contributed by atoms with Crippen LogP contribution in [0.5, 0.6) is 5.75 Å². The van der Waals surface area contributed by atoms with Gasteiger partial charge in [-0.25, -0.2) is 0 Å². The first kappa shape index (κ1) is 11.8. The van der Waals surface area contributed by atoms with Crippen molar-refractivity contribution < 1.29 is 14.6 Å². The smallest absolute Gasteiger partial charge is 0.211 e. The van der Waals surface area contributed by atoms with Crippen molar-refractivity contribution in [2.45, 2.75) is 6.92 Å². The lowest BCUT2D eigenvalue weighted by Gasteiger charge is -2.10. The topological polar surface area (TPSA) is 58.6 Å². The largest absolute Gasteiger partial charge is 0.490 e. The van der Waals surface area contributed by atoms with Gasteiger partial charge in [-0.05, 0) is 18.6 Å². The number of aryl methyl sites for hydroxylation is 1. The minimum atomic E-state index is -0.0827. The molecule has 0 saturated carbocycles. The van der Waals surface area contributed by atoms with E-state index in [4.69, 9.17) is 21.4 Å². The maximum absolute atomic E-state index is 10.3. The van der Waals surface area contributed by atoms with Crippen molar-refractivity contribution in [3.8, 4) is 5.75 Å². The van der Waals surface area contributed by atoms with Crippen LogP contribution in [-0.4, -0.2) is 24.7 Å². The van der Waals surface area contributed by atoms with Crippen molar-refractivity contribution >= 4 is 23.7 Å². The molecule has 1 aromatic carbocycles. The molecule has 15 heavy (non-hydrogen) atoms. The zero-order chi connectivity index (χ0) is 11.3. The Kier molecular flexibility index (Phi) is 4.39. The van der Waals surface area contributed by atoms with Crippen LogP contribution >= 0.6 is 11.6 Å². The standard InChI is InChI=1S/C10H12ClNO3/c1-7-4-8(11)10(15-3-2-13)5-9(7)12-6-14/h4-6,13H,2-3H2,1H3,(H,12,14). The van der Waals surface area contributed by atoms with Gasteiger partial charge in [-0.3, -0.25) is 4.79 Å². The zero-order valence-corrected chi connectivity index (χ0v) is 9.04. The highest BCUT2D eigenvalue weighted by Gasteiger charge is 2.06. The maximum Gasteiger partial charge on any atom is 0.211 e. The number of hydrogen-bond acceptors (Lipinski definition) is 3. The summed E-state index contributed by atoms with van der Waals surface area (Å²) in [7, 11) is 0. The molecule has 1 aromatic rings. The van der Waals surface area contributed by atoms with E-state index < -0.39 is 0 Å². The third-order valence-electron chi connectivity index (χ3n) is 1.84. The summed E-state index contributed by atoms with van der Waals surface area (Å²) in [6.45, 7) is 1.91. The van der Waals surface area contributed by atoms with Gasteiger partial charge in [0, 0.05) is 11.8 Å². The summed E-state index contributed by atoms with van der Waals surface area (Å²) >= 11 is 5.91. The van der Waals surface area contributed by atoms with Gasteiger partial charge in [0.25, 0.3) is 0 Å². The Morgan fingerprint density at radius 3 is 2.93 bits per heavy atom. The summed E-state index contributed by atoms with van der Waals surface area (Å²) in [5, 5.41) is 11.6. The number of ether oxygens (including phenoxy) is 1. The average Bonchev–Trinajstić information content (AvgIpc) is 2.20. The molecule has 82 valence electrons. The lowest BCUT2D eigenvalue weighted by molar-refractivity contribution is -0.105. The molecule has 0 unspecified atom stereocenters. The molecule has 0 aliphatic carbocycles. The molecular formula is C10H12ClNO3. The van der Waals surface area contributed by atoms with Gasteiger partial charge in [0.2, 0.25) is 6.41 Å². The van der Waals surface area contributed by atoms with E-state index in [9.17, 15) is 4.79 Å². The van der Waals surface area contributed by atoms with Gasteiger partial charge in [0.05, 0.1) is 11.6 Å². The molecule has 0 aliphatic rings. The Labute approximate surface area is 92.8 Å². The minimum Gasteiger partial charge on any atom is -0.490 e. The number of carbonyl (C=O) groups is 1. The van der Waals surface area contributed by atoms with Crippen LogP contribution in [0.1, 0.15) is 5.56 Å². The Morgan fingerprint density at radius 1 is 1.60 bits per heavy atom. The summed E-state index contributed by atoms with van der Waals surface area (Å²) in [5.41, 5.74) is 1.49. The van der Waals surface area contributed by atoms with Gasteiger partial charge < -0.3 is 15.2 Å². The second-order valence-electron chi connectivity index (χ2n) is 2.93. The second kappa shape index (κ2) is 5.58. The molecule has 0 aromatic heterocycles. The van der Waals surface area contributed by atoms with Crippen LogP contribution in [0.3, 0.4) is 0 Å². The number of anilines is 1. The molecule has 0 aliphatic heterocycles. The highest BCUT2D eigenvalue weighted by Crippen LogP contribution is 2.30. The molecule has 5 heteroatoms. The lowest BCUT2D eigenvalue weighted by atomic mass is 10.2. The van der Waals surface area contributed by atoms with E-state index >= 15 is 0 Å². The highest BCUT2D eigenvalue weighted by atomic mass is 35.5. The van der Waals surface area contributed by atoms with Crippen molar-refractivity contribution in [1.82, 2.24) is 0 Å². The summed E-state index contributed by atoms with van der Waals surface area (Å²) in [4.78, 5) is 10.3. The number of nitrogens with one attached hydrogen (secondary N) is 1. The first-order valence-electron chi connectivity index (χ1n) is 4.43. The molecule has 0 heterocycles. The predicted octanol–water partition coefficient (Wildman–Crippen LogP) is 1.59. The number of aliphatic hydroxyl groups excluding tert-OH is 1. The fraction of sp³-hybridized carbons (Fsp3) is 0.300. The quantitative estimate of drug-likeness (QED) is 0.754. The molecule has 0 spiro atoms. The van der Waals surface area contributed by atoms with E-state index in [0.29, 0.717) is 22.9 Å². The molecule has 2 N–H and O–H groups in total. The fourth-order valence-corrected chi connectivity index (χ4v) is 1.41. The van der Waals surface area contributed by atoms with E-state index in [-0.39, 0.29) is 13.2 Å². The van der Waals surface area contributed by atoms with Crippen LogP contribution in [0.25, 0.3) is 0 Å². The SMILES string of the molecule is Cc1cc(Cl)c(OCCO)cc1NC=O. The van der Waals surface area contributed by atoms with E-state index in [2.05, 4.69) is 5.32 Å². The number of benzene rings is 1. The first-order chi connectivity index (χ1) is 7.19. The van der Waals surface area contributed by atoms with Gasteiger partial charge in [0.15, 0.2) is 0 Å². The minimum absolute atomic E-state index is 0.0827. The number of carbonyl (C=O) groups excluding carboxylic acids is 1. The highest BCUT2D eigenvalue weighted by molar-refractivity contribution is 6.32. The summed E-state index contributed by atoms with van der Waals surface area (Å²) in [6.07, 6.45) is 0.589. The van der Waals surface area contributed by atoms with Crippen molar-refractivity contribution in [1.29, 1.82) is 0 Å². The van der Waals surface area contributed by atoms with E-state index in [1.807, 2.05) is 6.92 Å². The van der Waals surface area contributed by atoms with Gasteiger partial charge in [-0.15, -0.1) is 0 Å². The van der Waals surface area contributed by atoms with Crippen LogP contribution < -0.4 is 10.1 Å². The van der Waals surface area contributed by atoms with E-state index in [1.165, 1.54) is 0 Å². The van der Waals surface area contributed by atoms with Gasteiger partial charge in [-0.2, -0.15) is 0 Å². The molecule has 0 atom stereocenters. The number of rotatable bonds is 5. The van der Waals surface area contributed by atoms with Crippen LogP contribution in [-0.2, 0) is 4.79 Å². The van der Waals surface area contributed by atoms with E-state index in [1.54, 1.807) is 12.1 Å². The molecule has 1 amide bonds. The maximum atomic E-state index is 10.3. The molecule has 1 rings (SSSR count). The van der Waals surface area contributed by atoms with Crippen LogP contribution in [0.4, 0.5) is 5.69 Å². The predicted molar refractivity (Wildman–Crippen MR) is 58.5 cm³/mol. The van der Waals surface area contributed by atoms with Crippen molar-refractivity contribution in [2.75, 3.05) is 18.5 Å². The van der Waals surface area contributed by atoms with Crippen molar-refractivity contribution in [2.24, 2.45) is 0 Å². The average molecular weight is 230 g/mol. The third-order valence-corrected chi connectivity index (χ3v) is 2.14. The third kappa shape index (κ3) is 3.11. The number of amides is 1. The summed E-state index contributed by atoms with van der Waals surface area (Å²) in [5.74, 6) is 0.445. The normalized spacial score (nSPS) is 9.80. The number of hydrogen-bond donors (Lipinski definition) is 2. The Morgan fingerprint density at radius 2 is 2.33 bits per heavy atom. The Hall–Kier alpha value is -1.26. The molecule has 0 saturated heterocycles. The first-order valence-corrected chi connectivity index (χ1v) is 4.81. The van der Waals surface area contributed by atoms with Crippen molar-refractivity contribution in [3.05, 3.63) is 22.7 Å². The lowest BCUT2D eigenvalue weighted by Crippen LogP contribution is -2.03. The Balaban J connectivity index is 2.94. The van der Waals surface area contributed by atoms with Crippen LogP contribution in [0.15, 0.2) is 12.1 Å². The molecule has 0 bridgehead atoms. The summed E-state index contributed by atoms with van der Waals surface area (Å²) in [6, 6.07) is 3.32. The van der Waals surface area contributed by atoms with Gasteiger partial charge >= 0.3 is 0 Å². The molecule has 0 fully saturated rings. The zero-order valence-electron chi connectivity index (χ0n) is 8.29. The monoisotopic (exact) mass is 229 g/mol. The van der Waals surface area contributed by atoms with Crippen LogP contribution in [0.2, 0.25) is 5.02 Å². The Bertz CT molecular complexity index is 355. The fourth-order valence-electron chi connectivity index (χ4n) is 1.14. The molecule has 0 radical (unpaired) electrons. The van der Waals surface area contributed by atoms with Gasteiger partial charge in [0.1, 0.15) is 12.4 Å². The number of halogens is 1. The van der Waals surface area contributed by atoms with Crippen LogP contribution in [0, 0.1) is 6.92 Å². The second-order valence-corrected chi connectivity index (χ2v) is 3.34. The summed E-state index contributed by atoms with van der Waals surface area (Å²) < 4.78 is 5.19. The van der Waals surface area contributed by atoms with E-state index in [0.717, 1.165) is 5.56 Å². The number of aliphatic hydroxyl groups is 1. The molecule has 4 nitrogen and oxygen atoms in total. The van der Waals surface area contributed by atoms with Crippen molar-refractivity contribution in [3.63, 3.8) is 0 Å². The molecular weight excluding hydrogens is 218 g/mol. The van der Waals surface area contributed by atoms with Gasteiger partial charge in [-0.1, -0.05) is 11.6 Å².